The highest BCUT2D eigenvalue weighted by Crippen LogP contribution is 2.17. The molecule has 25 heavy (non-hydrogen) atoms. The third kappa shape index (κ3) is 5.83. The Bertz CT molecular complexity index is 792. The summed E-state index contributed by atoms with van der Waals surface area (Å²) >= 11 is 3.37. The second-order valence-corrected chi connectivity index (χ2v) is 6.16. The van der Waals surface area contributed by atoms with Gasteiger partial charge in [-0.3, -0.25) is 4.79 Å². The molecule has 2 aromatic carbocycles. The number of amides is 1. The lowest BCUT2D eigenvalue weighted by Gasteiger charge is -2.17. The van der Waals surface area contributed by atoms with Crippen molar-refractivity contribution < 1.29 is 18.7 Å². The number of carbonyl (C=O) groups is 2. The molecule has 2 rings (SSSR count). The molecule has 0 spiro atoms. The van der Waals surface area contributed by atoms with Crippen molar-refractivity contribution in [2.45, 2.75) is 6.54 Å². The molecule has 0 radical (unpaired) electrons. The minimum atomic E-state index is -0.622. The van der Waals surface area contributed by atoms with Crippen molar-refractivity contribution in [1.82, 2.24) is 4.90 Å². The van der Waals surface area contributed by atoms with Gasteiger partial charge in [0.1, 0.15) is 5.82 Å². The minimum Gasteiger partial charge on any atom is -0.452 e. The number of carbonyl (C=O) groups excluding carboxylic acids is 2. The topological polar surface area (TPSA) is 46.6 Å². The summed E-state index contributed by atoms with van der Waals surface area (Å²) in [6, 6.07) is 13.6. The van der Waals surface area contributed by atoms with Crippen molar-refractivity contribution in [3.8, 4) is 0 Å². The molecule has 6 heteroatoms. The van der Waals surface area contributed by atoms with E-state index in [0.29, 0.717) is 5.56 Å². The second kappa shape index (κ2) is 9.13. The zero-order valence-electron chi connectivity index (χ0n) is 13.6. The summed E-state index contributed by atoms with van der Waals surface area (Å²) in [5, 5.41) is 0. The molecule has 0 unspecified atom stereocenters. The van der Waals surface area contributed by atoms with Crippen LogP contribution in [0.15, 0.2) is 59.1 Å². The van der Waals surface area contributed by atoms with Gasteiger partial charge in [0.15, 0.2) is 6.61 Å². The lowest BCUT2D eigenvalue weighted by Crippen LogP contribution is -2.30. The van der Waals surface area contributed by atoms with E-state index in [1.165, 1.54) is 24.1 Å². The lowest BCUT2D eigenvalue weighted by molar-refractivity contribution is -0.147. The van der Waals surface area contributed by atoms with Crippen LogP contribution in [0.25, 0.3) is 6.08 Å². The van der Waals surface area contributed by atoms with Crippen LogP contribution in [0.3, 0.4) is 0 Å². The first-order chi connectivity index (χ1) is 12.0. The molecular formula is C19H17BrFNO3. The Balaban J connectivity index is 1.83. The summed E-state index contributed by atoms with van der Waals surface area (Å²) < 4.78 is 19.4. The number of esters is 1. The molecule has 4 nitrogen and oxygen atoms in total. The van der Waals surface area contributed by atoms with E-state index in [1.807, 2.05) is 24.3 Å². The van der Waals surface area contributed by atoms with Crippen molar-refractivity contribution in [2.24, 2.45) is 0 Å². The first-order valence-corrected chi connectivity index (χ1v) is 8.33. The zero-order chi connectivity index (χ0) is 18.2. The van der Waals surface area contributed by atoms with Crippen LogP contribution in [0.2, 0.25) is 0 Å². The van der Waals surface area contributed by atoms with Crippen LogP contribution in [-0.2, 0) is 20.9 Å². The Labute approximate surface area is 154 Å². The third-order valence-corrected chi connectivity index (χ3v) is 4.16. The molecule has 0 heterocycles. The predicted molar refractivity (Wildman–Crippen MR) is 97.0 cm³/mol. The second-order valence-electron chi connectivity index (χ2n) is 5.30. The van der Waals surface area contributed by atoms with Crippen molar-refractivity contribution in [3.05, 3.63) is 76.0 Å². The number of hydrogen-bond donors (Lipinski definition) is 0. The van der Waals surface area contributed by atoms with Crippen LogP contribution >= 0.6 is 15.9 Å². The minimum absolute atomic E-state index is 0.107. The first-order valence-electron chi connectivity index (χ1n) is 7.54. The molecule has 0 aliphatic carbocycles. The van der Waals surface area contributed by atoms with E-state index in [4.69, 9.17) is 4.74 Å². The smallest absolute Gasteiger partial charge is 0.331 e. The number of benzene rings is 2. The Morgan fingerprint density at radius 2 is 1.84 bits per heavy atom. The summed E-state index contributed by atoms with van der Waals surface area (Å²) in [4.78, 5) is 25.0. The van der Waals surface area contributed by atoms with E-state index in [-0.39, 0.29) is 12.4 Å². The standard InChI is InChI=1S/C19H17BrFNO3/c1-22(12-15-7-3-5-9-17(15)21)18(23)13-25-19(24)11-10-14-6-2-4-8-16(14)20/h2-11H,12-13H2,1H3/b11-10+. The van der Waals surface area contributed by atoms with Gasteiger partial charge >= 0.3 is 5.97 Å². The van der Waals surface area contributed by atoms with Crippen LogP contribution in [-0.4, -0.2) is 30.4 Å². The van der Waals surface area contributed by atoms with Gasteiger partial charge in [-0.2, -0.15) is 0 Å². The SMILES string of the molecule is CN(Cc1ccccc1F)C(=O)COC(=O)/C=C/c1ccccc1Br. The maximum absolute atomic E-state index is 13.6. The van der Waals surface area contributed by atoms with Gasteiger partial charge in [0.2, 0.25) is 0 Å². The summed E-state index contributed by atoms with van der Waals surface area (Å²) in [5.41, 5.74) is 1.22. The summed E-state index contributed by atoms with van der Waals surface area (Å²) in [7, 11) is 1.53. The Hall–Kier alpha value is -2.47. The van der Waals surface area contributed by atoms with E-state index in [9.17, 15) is 14.0 Å². The van der Waals surface area contributed by atoms with Gasteiger partial charge in [-0.15, -0.1) is 0 Å². The molecule has 2 aromatic rings. The Kier molecular flexibility index (Phi) is 6.89. The highest BCUT2D eigenvalue weighted by atomic mass is 79.9. The first kappa shape index (κ1) is 18.9. The Morgan fingerprint density at radius 3 is 2.56 bits per heavy atom. The number of nitrogens with zero attached hydrogens (tertiary/aromatic N) is 1. The van der Waals surface area contributed by atoms with Crippen LogP contribution in [0, 0.1) is 5.82 Å². The van der Waals surface area contributed by atoms with Crippen LogP contribution in [0.5, 0.6) is 0 Å². The van der Waals surface area contributed by atoms with Gasteiger partial charge in [0.25, 0.3) is 5.91 Å². The van der Waals surface area contributed by atoms with E-state index in [1.54, 1.807) is 24.3 Å². The van der Waals surface area contributed by atoms with Crippen molar-refractivity contribution >= 4 is 33.9 Å². The molecular weight excluding hydrogens is 389 g/mol. The molecule has 0 aliphatic rings. The summed E-state index contributed by atoms with van der Waals surface area (Å²) in [6.45, 7) is -0.292. The fourth-order valence-electron chi connectivity index (χ4n) is 2.03. The van der Waals surface area contributed by atoms with Crippen molar-refractivity contribution in [3.63, 3.8) is 0 Å². The summed E-state index contributed by atoms with van der Waals surface area (Å²) in [5.74, 6) is -1.41. The molecule has 130 valence electrons. The molecule has 0 aliphatic heterocycles. The normalized spacial score (nSPS) is 10.7. The van der Waals surface area contributed by atoms with Crippen LogP contribution < -0.4 is 0 Å². The van der Waals surface area contributed by atoms with Gasteiger partial charge in [-0.1, -0.05) is 52.3 Å². The van der Waals surface area contributed by atoms with E-state index in [0.717, 1.165) is 10.0 Å². The van der Waals surface area contributed by atoms with Crippen molar-refractivity contribution in [1.29, 1.82) is 0 Å². The quantitative estimate of drug-likeness (QED) is 0.542. The number of likely N-dealkylation sites (N-methyl/N-ethyl adjacent to an activating group) is 1. The van der Waals surface area contributed by atoms with Gasteiger partial charge in [-0.05, 0) is 23.8 Å². The van der Waals surface area contributed by atoms with Crippen LogP contribution in [0.1, 0.15) is 11.1 Å². The maximum Gasteiger partial charge on any atom is 0.331 e. The third-order valence-electron chi connectivity index (χ3n) is 3.43. The largest absolute Gasteiger partial charge is 0.452 e. The molecule has 0 saturated carbocycles. The molecule has 0 saturated heterocycles. The average molecular weight is 406 g/mol. The van der Waals surface area contributed by atoms with Crippen LogP contribution in [0.4, 0.5) is 4.39 Å². The predicted octanol–water partition coefficient (Wildman–Crippen LogP) is 3.80. The van der Waals surface area contributed by atoms with Crippen molar-refractivity contribution in [2.75, 3.05) is 13.7 Å². The molecule has 0 fully saturated rings. The highest BCUT2D eigenvalue weighted by Gasteiger charge is 2.13. The number of hydrogen-bond acceptors (Lipinski definition) is 3. The van der Waals surface area contributed by atoms with E-state index in [2.05, 4.69) is 15.9 Å². The molecule has 1 amide bonds. The van der Waals surface area contributed by atoms with Gasteiger partial charge in [-0.25, -0.2) is 9.18 Å². The molecule has 0 aromatic heterocycles. The maximum atomic E-state index is 13.6. The Morgan fingerprint density at radius 1 is 1.16 bits per heavy atom. The fraction of sp³-hybridized carbons (Fsp3) is 0.158. The monoisotopic (exact) mass is 405 g/mol. The number of rotatable bonds is 6. The zero-order valence-corrected chi connectivity index (χ0v) is 15.2. The summed E-state index contributed by atoms with van der Waals surface area (Å²) in [6.07, 6.45) is 2.85. The fourth-order valence-corrected chi connectivity index (χ4v) is 2.45. The van der Waals surface area contributed by atoms with Gasteiger partial charge < -0.3 is 9.64 Å². The number of halogens is 2. The average Bonchev–Trinajstić information content (AvgIpc) is 2.60. The molecule has 0 bridgehead atoms. The molecule has 0 N–H and O–H groups in total. The lowest BCUT2D eigenvalue weighted by atomic mass is 10.2. The van der Waals surface area contributed by atoms with Gasteiger partial charge in [0, 0.05) is 29.7 Å². The number of ether oxygens (including phenoxy) is 1. The van der Waals surface area contributed by atoms with Gasteiger partial charge in [0.05, 0.1) is 0 Å². The van der Waals surface area contributed by atoms with E-state index < -0.39 is 18.5 Å². The van der Waals surface area contributed by atoms with E-state index >= 15 is 0 Å². The highest BCUT2D eigenvalue weighted by molar-refractivity contribution is 9.10. The molecule has 0 atom stereocenters.